The molecule has 0 bridgehead atoms. The molecular formula is C19H24F2IN5O. The Bertz CT molecular complexity index is 778. The van der Waals surface area contributed by atoms with Gasteiger partial charge in [-0.3, -0.25) is 9.98 Å². The third kappa shape index (κ3) is 6.18. The molecule has 28 heavy (non-hydrogen) atoms. The molecule has 1 aliphatic rings. The number of aromatic nitrogens is 1. The van der Waals surface area contributed by atoms with Crippen LogP contribution in [0.2, 0.25) is 0 Å². The zero-order valence-corrected chi connectivity index (χ0v) is 17.9. The predicted molar refractivity (Wildman–Crippen MR) is 117 cm³/mol. The second-order valence-corrected chi connectivity index (χ2v) is 6.21. The largest absolute Gasteiger partial charge is 0.490 e. The first-order chi connectivity index (χ1) is 13.2. The van der Waals surface area contributed by atoms with Gasteiger partial charge in [0.2, 0.25) is 0 Å². The Labute approximate surface area is 180 Å². The Morgan fingerprint density at radius 1 is 1.36 bits per heavy atom. The summed E-state index contributed by atoms with van der Waals surface area (Å²) in [5, 5.41) is 6.52. The van der Waals surface area contributed by atoms with E-state index in [2.05, 4.69) is 20.6 Å². The molecule has 152 valence electrons. The van der Waals surface area contributed by atoms with E-state index in [4.69, 9.17) is 4.74 Å². The van der Waals surface area contributed by atoms with E-state index in [1.807, 2.05) is 17.0 Å². The van der Waals surface area contributed by atoms with Gasteiger partial charge in [0.1, 0.15) is 24.0 Å². The molecule has 1 fully saturated rings. The van der Waals surface area contributed by atoms with E-state index in [-0.39, 0.29) is 30.0 Å². The van der Waals surface area contributed by atoms with Crippen molar-refractivity contribution in [1.29, 1.82) is 0 Å². The van der Waals surface area contributed by atoms with Crippen LogP contribution in [0.1, 0.15) is 6.42 Å². The molecule has 1 aromatic carbocycles. The van der Waals surface area contributed by atoms with Crippen molar-refractivity contribution in [2.75, 3.05) is 38.2 Å². The minimum absolute atomic E-state index is 0. The Hall–Kier alpha value is -2.17. The number of hydrogen-bond donors (Lipinski definition) is 2. The smallest absolute Gasteiger partial charge is 0.191 e. The first kappa shape index (κ1) is 22.1. The van der Waals surface area contributed by atoms with Gasteiger partial charge >= 0.3 is 0 Å². The molecule has 1 aromatic heterocycles. The van der Waals surface area contributed by atoms with Crippen LogP contribution in [0, 0.1) is 11.6 Å². The molecule has 6 nitrogen and oxygen atoms in total. The van der Waals surface area contributed by atoms with Gasteiger partial charge in [-0.05, 0) is 30.7 Å². The molecule has 1 aliphatic heterocycles. The second-order valence-electron chi connectivity index (χ2n) is 6.21. The van der Waals surface area contributed by atoms with Crippen molar-refractivity contribution in [3.8, 4) is 5.75 Å². The van der Waals surface area contributed by atoms with Crippen LogP contribution in [0.5, 0.6) is 5.75 Å². The molecule has 1 unspecified atom stereocenters. The zero-order valence-electron chi connectivity index (χ0n) is 15.6. The average molecular weight is 503 g/mol. The molecule has 1 atom stereocenters. The monoisotopic (exact) mass is 503 g/mol. The Balaban J connectivity index is 0.00000280. The highest BCUT2D eigenvalue weighted by atomic mass is 127. The van der Waals surface area contributed by atoms with Crippen LogP contribution in [-0.4, -0.2) is 50.3 Å². The molecule has 9 heteroatoms. The number of anilines is 1. The maximum Gasteiger partial charge on any atom is 0.191 e. The average Bonchev–Trinajstić information content (AvgIpc) is 3.13. The van der Waals surface area contributed by atoms with Crippen LogP contribution in [0.3, 0.4) is 0 Å². The molecule has 2 aromatic rings. The lowest BCUT2D eigenvalue weighted by Crippen LogP contribution is -2.45. The van der Waals surface area contributed by atoms with Crippen LogP contribution in [0.15, 0.2) is 47.7 Å². The van der Waals surface area contributed by atoms with E-state index < -0.39 is 11.6 Å². The van der Waals surface area contributed by atoms with Crippen LogP contribution in [0.4, 0.5) is 14.5 Å². The van der Waals surface area contributed by atoms with E-state index in [0.29, 0.717) is 37.9 Å². The van der Waals surface area contributed by atoms with E-state index in [1.54, 1.807) is 19.4 Å². The molecular weight excluding hydrogens is 479 g/mol. The Kier molecular flexibility index (Phi) is 8.68. The van der Waals surface area contributed by atoms with Crippen molar-refractivity contribution in [1.82, 2.24) is 15.6 Å². The molecule has 2 heterocycles. The van der Waals surface area contributed by atoms with Crippen molar-refractivity contribution < 1.29 is 13.5 Å². The SMILES string of the molecule is CN=C(NCCOc1cccnc1)NC1CCN(c2ccc(F)cc2F)C1.I. The maximum atomic E-state index is 13.9. The molecule has 0 aliphatic carbocycles. The predicted octanol–water partition coefficient (Wildman–Crippen LogP) is 2.80. The summed E-state index contributed by atoms with van der Waals surface area (Å²) in [6.07, 6.45) is 4.19. The molecule has 0 radical (unpaired) electrons. The minimum Gasteiger partial charge on any atom is -0.490 e. The van der Waals surface area contributed by atoms with Gasteiger partial charge < -0.3 is 20.3 Å². The number of rotatable bonds is 6. The first-order valence-corrected chi connectivity index (χ1v) is 8.85. The zero-order chi connectivity index (χ0) is 19.1. The van der Waals surface area contributed by atoms with E-state index in [1.165, 1.54) is 12.1 Å². The van der Waals surface area contributed by atoms with Gasteiger partial charge in [-0.15, -0.1) is 24.0 Å². The lowest BCUT2D eigenvalue weighted by molar-refractivity contribution is 0.320. The molecule has 1 saturated heterocycles. The third-order valence-corrected chi connectivity index (χ3v) is 4.30. The number of nitrogens with one attached hydrogen (secondary N) is 2. The van der Waals surface area contributed by atoms with Gasteiger partial charge in [0.05, 0.1) is 18.4 Å². The number of ether oxygens (including phenoxy) is 1. The molecule has 2 N–H and O–H groups in total. The van der Waals surface area contributed by atoms with Gasteiger partial charge in [-0.25, -0.2) is 8.78 Å². The summed E-state index contributed by atoms with van der Waals surface area (Å²) in [5.74, 6) is 0.278. The molecule has 0 spiro atoms. The van der Waals surface area contributed by atoms with Gasteiger partial charge in [0.15, 0.2) is 5.96 Å². The number of halogens is 3. The number of hydrogen-bond acceptors (Lipinski definition) is 4. The first-order valence-electron chi connectivity index (χ1n) is 8.85. The summed E-state index contributed by atoms with van der Waals surface area (Å²) in [6.45, 7) is 2.37. The minimum atomic E-state index is -0.566. The third-order valence-electron chi connectivity index (χ3n) is 4.30. The van der Waals surface area contributed by atoms with Crippen molar-refractivity contribution in [3.05, 3.63) is 54.4 Å². The van der Waals surface area contributed by atoms with E-state index in [0.717, 1.165) is 18.2 Å². The summed E-state index contributed by atoms with van der Waals surface area (Å²) in [7, 11) is 1.70. The van der Waals surface area contributed by atoms with Gasteiger partial charge in [0.25, 0.3) is 0 Å². The lowest BCUT2D eigenvalue weighted by Gasteiger charge is -2.21. The summed E-state index contributed by atoms with van der Waals surface area (Å²) < 4.78 is 32.6. The van der Waals surface area contributed by atoms with Gasteiger partial charge in [-0.2, -0.15) is 0 Å². The standard InChI is InChI=1S/C19H23F2N5O.HI/c1-22-19(24-8-10-27-16-3-2-7-23-12-16)25-15-6-9-26(13-15)18-5-4-14(20)11-17(18)21;/h2-5,7,11-12,15H,6,8-10,13H2,1H3,(H2,22,24,25);1H. The van der Waals surface area contributed by atoms with Crippen LogP contribution in [-0.2, 0) is 0 Å². The summed E-state index contributed by atoms with van der Waals surface area (Å²) in [5.41, 5.74) is 0.425. The van der Waals surface area contributed by atoms with Crippen molar-refractivity contribution in [2.24, 2.45) is 4.99 Å². The maximum absolute atomic E-state index is 13.9. The number of guanidine groups is 1. The fourth-order valence-electron chi connectivity index (χ4n) is 2.99. The number of aliphatic imine (C=N–C) groups is 1. The van der Waals surface area contributed by atoms with Crippen molar-refractivity contribution >= 4 is 35.6 Å². The molecule has 0 amide bonds. The Morgan fingerprint density at radius 3 is 2.93 bits per heavy atom. The van der Waals surface area contributed by atoms with E-state index >= 15 is 0 Å². The number of benzene rings is 1. The van der Waals surface area contributed by atoms with Crippen LogP contribution in [0.25, 0.3) is 0 Å². The number of pyridine rings is 1. The highest BCUT2D eigenvalue weighted by Gasteiger charge is 2.25. The fourth-order valence-corrected chi connectivity index (χ4v) is 2.99. The topological polar surface area (TPSA) is 61.8 Å². The second kappa shape index (κ2) is 11.0. The molecule has 3 rings (SSSR count). The lowest BCUT2D eigenvalue weighted by atomic mass is 10.2. The van der Waals surface area contributed by atoms with Gasteiger partial charge in [-0.1, -0.05) is 0 Å². The van der Waals surface area contributed by atoms with Gasteiger partial charge in [0, 0.05) is 38.4 Å². The summed E-state index contributed by atoms with van der Waals surface area (Å²) in [6, 6.07) is 7.47. The van der Waals surface area contributed by atoms with Crippen molar-refractivity contribution in [2.45, 2.75) is 12.5 Å². The van der Waals surface area contributed by atoms with Crippen LogP contribution >= 0.6 is 24.0 Å². The quantitative estimate of drug-likeness (QED) is 0.275. The summed E-state index contributed by atoms with van der Waals surface area (Å²) in [4.78, 5) is 10.1. The fraction of sp³-hybridized carbons (Fsp3) is 0.368. The van der Waals surface area contributed by atoms with E-state index in [9.17, 15) is 8.78 Å². The summed E-state index contributed by atoms with van der Waals surface area (Å²) >= 11 is 0. The molecule has 0 saturated carbocycles. The highest BCUT2D eigenvalue weighted by Crippen LogP contribution is 2.24. The highest BCUT2D eigenvalue weighted by molar-refractivity contribution is 14.0. The number of nitrogens with zero attached hydrogens (tertiary/aromatic N) is 3. The normalized spacial score (nSPS) is 16.5. The van der Waals surface area contributed by atoms with Crippen LogP contribution < -0.4 is 20.3 Å². The van der Waals surface area contributed by atoms with Crippen molar-refractivity contribution in [3.63, 3.8) is 0 Å². The Morgan fingerprint density at radius 2 is 2.21 bits per heavy atom.